The number of rotatable bonds is 11. The number of unbranched alkanes of at least 4 members (excludes halogenated alkanes) is 5. The zero-order chi connectivity index (χ0) is 18.5. The van der Waals surface area contributed by atoms with E-state index in [-0.39, 0.29) is 6.61 Å². The summed E-state index contributed by atoms with van der Waals surface area (Å²) in [4.78, 5) is 31.6. The lowest BCUT2D eigenvalue weighted by atomic mass is 10.0. The molecule has 0 aliphatic carbocycles. The molecule has 1 aromatic carbocycles. The molecule has 0 N–H and O–H groups in total. The van der Waals surface area contributed by atoms with Crippen LogP contribution in [0.4, 0.5) is 4.79 Å². The summed E-state index contributed by atoms with van der Waals surface area (Å²) in [7, 11) is 0. The van der Waals surface area contributed by atoms with Gasteiger partial charge in [0, 0.05) is 0 Å². The Kier molecular flexibility index (Phi) is 10.3. The van der Waals surface area contributed by atoms with E-state index < -0.39 is 12.1 Å². The lowest BCUT2D eigenvalue weighted by Crippen LogP contribution is -2.12. The first-order valence-electron chi connectivity index (χ1n) is 8.86. The molecule has 0 saturated heterocycles. The van der Waals surface area contributed by atoms with E-state index in [0.29, 0.717) is 11.5 Å². The van der Waals surface area contributed by atoms with Gasteiger partial charge in [0.1, 0.15) is 0 Å². The van der Waals surface area contributed by atoms with Crippen LogP contribution in [0.1, 0.15) is 81.1 Å². The summed E-state index contributed by atoms with van der Waals surface area (Å²) in [5.74, 6) is -0.384. The molecule has 0 heterocycles. The van der Waals surface area contributed by atoms with Crippen molar-refractivity contribution in [1.82, 2.24) is 0 Å². The number of carbonyl (C=O) groups is 2. The van der Waals surface area contributed by atoms with E-state index in [0.717, 1.165) is 24.8 Å². The summed E-state index contributed by atoms with van der Waals surface area (Å²) < 4.78 is 4.80. The van der Waals surface area contributed by atoms with Crippen LogP contribution >= 0.6 is 0 Å². The second-order valence-electron chi connectivity index (χ2n) is 6.17. The van der Waals surface area contributed by atoms with Crippen LogP contribution < -0.4 is 0 Å². The summed E-state index contributed by atoms with van der Waals surface area (Å²) in [6.07, 6.45) is 5.46. The standard InChI is InChI=1S/C19H28O6/c1-4-5-6-7-8-9-14-22-19(21)24-25-23-18(20)17-12-10-16(11-13-17)15(2)3/h10-13,15H,4-9,14H2,1-3H3. The van der Waals surface area contributed by atoms with Crippen molar-refractivity contribution in [1.29, 1.82) is 0 Å². The molecule has 1 aromatic rings. The van der Waals surface area contributed by atoms with Crippen molar-refractivity contribution in [3.8, 4) is 0 Å². The Morgan fingerprint density at radius 2 is 1.56 bits per heavy atom. The van der Waals surface area contributed by atoms with Gasteiger partial charge in [-0.3, -0.25) is 4.89 Å². The Labute approximate surface area is 149 Å². The predicted molar refractivity (Wildman–Crippen MR) is 92.8 cm³/mol. The maximum atomic E-state index is 11.7. The highest BCUT2D eigenvalue weighted by atomic mass is 17.5. The number of hydrogen-bond acceptors (Lipinski definition) is 6. The highest BCUT2D eigenvalue weighted by molar-refractivity contribution is 5.88. The van der Waals surface area contributed by atoms with Gasteiger partial charge in [0.2, 0.25) is 0 Å². The van der Waals surface area contributed by atoms with E-state index >= 15 is 0 Å². The van der Waals surface area contributed by atoms with Gasteiger partial charge in [0.05, 0.1) is 17.2 Å². The Morgan fingerprint density at radius 3 is 2.20 bits per heavy atom. The number of ether oxygens (including phenoxy) is 1. The van der Waals surface area contributed by atoms with E-state index in [2.05, 4.69) is 35.6 Å². The van der Waals surface area contributed by atoms with Gasteiger partial charge in [0.15, 0.2) is 0 Å². The Bertz CT molecular complexity index is 509. The second-order valence-corrected chi connectivity index (χ2v) is 6.17. The third kappa shape index (κ3) is 9.10. The van der Waals surface area contributed by atoms with E-state index in [9.17, 15) is 9.59 Å². The Balaban J connectivity index is 2.13. The average Bonchev–Trinajstić information content (AvgIpc) is 2.61. The van der Waals surface area contributed by atoms with Gasteiger partial charge in [-0.15, -0.1) is 0 Å². The monoisotopic (exact) mass is 352 g/mol. The van der Waals surface area contributed by atoms with Crippen LogP contribution in [-0.4, -0.2) is 18.7 Å². The fourth-order valence-electron chi connectivity index (χ4n) is 2.19. The van der Waals surface area contributed by atoms with Crippen LogP contribution in [0.15, 0.2) is 24.3 Å². The minimum absolute atomic E-state index is 0.249. The molecule has 0 aromatic heterocycles. The minimum atomic E-state index is -1.03. The topological polar surface area (TPSA) is 71.1 Å². The lowest BCUT2D eigenvalue weighted by molar-refractivity contribution is -0.452. The molecular weight excluding hydrogens is 324 g/mol. The first kappa shape index (κ1) is 21.0. The molecule has 6 heteroatoms. The smallest absolute Gasteiger partial charge is 0.432 e. The first-order chi connectivity index (χ1) is 12.0. The number of hydrogen-bond donors (Lipinski definition) is 0. The number of benzene rings is 1. The van der Waals surface area contributed by atoms with Crippen LogP contribution in [0.3, 0.4) is 0 Å². The highest BCUT2D eigenvalue weighted by Crippen LogP contribution is 2.15. The van der Waals surface area contributed by atoms with Crippen LogP contribution in [0.25, 0.3) is 0 Å². The minimum Gasteiger partial charge on any atom is -0.432 e. The molecule has 0 amide bonds. The molecule has 0 bridgehead atoms. The van der Waals surface area contributed by atoms with Crippen molar-refractivity contribution in [2.45, 2.75) is 65.2 Å². The third-order valence-electron chi connectivity index (χ3n) is 3.74. The molecule has 0 atom stereocenters. The van der Waals surface area contributed by atoms with Gasteiger partial charge in [-0.2, -0.15) is 0 Å². The lowest BCUT2D eigenvalue weighted by Gasteiger charge is -2.06. The quantitative estimate of drug-likeness (QED) is 0.232. The van der Waals surface area contributed by atoms with Crippen molar-refractivity contribution in [3.05, 3.63) is 35.4 Å². The highest BCUT2D eigenvalue weighted by Gasteiger charge is 2.12. The number of carbonyl (C=O) groups excluding carboxylic acids is 2. The second kappa shape index (κ2) is 12.3. The van der Waals surface area contributed by atoms with E-state index in [1.807, 2.05) is 12.1 Å². The maximum Gasteiger partial charge on any atom is 0.543 e. The van der Waals surface area contributed by atoms with Crippen molar-refractivity contribution in [3.63, 3.8) is 0 Å². The Morgan fingerprint density at radius 1 is 0.920 bits per heavy atom. The Hall–Kier alpha value is -2.08. The van der Waals surface area contributed by atoms with Crippen LogP contribution in [0.2, 0.25) is 0 Å². The molecule has 0 spiro atoms. The molecule has 1 rings (SSSR count). The van der Waals surface area contributed by atoms with E-state index in [1.165, 1.54) is 19.3 Å². The van der Waals surface area contributed by atoms with Crippen LogP contribution in [-0.2, 0) is 19.6 Å². The largest absolute Gasteiger partial charge is 0.543 e. The van der Waals surface area contributed by atoms with Crippen molar-refractivity contribution >= 4 is 12.1 Å². The summed E-state index contributed by atoms with van der Waals surface area (Å²) in [6.45, 7) is 6.52. The van der Waals surface area contributed by atoms with E-state index in [1.54, 1.807) is 12.1 Å². The molecule has 0 saturated carbocycles. The first-order valence-corrected chi connectivity index (χ1v) is 8.86. The van der Waals surface area contributed by atoms with Crippen LogP contribution in [0.5, 0.6) is 0 Å². The van der Waals surface area contributed by atoms with Gasteiger partial charge in [-0.05, 0) is 30.0 Å². The summed E-state index contributed by atoms with van der Waals surface area (Å²) in [6, 6.07) is 6.91. The van der Waals surface area contributed by atoms with Gasteiger partial charge < -0.3 is 4.74 Å². The van der Waals surface area contributed by atoms with Gasteiger partial charge in [-0.25, -0.2) is 14.5 Å². The fraction of sp³-hybridized carbons (Fsp3) is 0.579. The van der Waals surface area contributed by atoms with Crippen molar-refractivity contribution in [2.24, 2.45) is 0 Å². The van der Waals surface area contributed by atoms with Gasteiger partial charge in [-0.1, -0.05) is 65.0 Å². The van der Waals surface area contributed by atoms with Crippen molar-refractivity contribution < 1.29 is 29.1 Å². The molecule has 0 aliphatic heterocycles. The molecule has 0 fully saturated rings. The van der Waals surface area contributed by atoms with Crippen molar-refractivity contribution in [2.75, 3.05) is 6.61 Å². The SMILES string of the molecule is CCCCCCCCOC(=O)OOOC(=O)c1ccc(C(C)C)cc1. The third-order valence-corrected chi connectivity index (χ3v) is 3.74. The molecule has 0 aliphatic rings. The normalized spacial score (nSPS) is 10.6. The zero-order valence-electron chi connectivity index (χ0n) is 15.3. The molecule has 140 valence electrons. The molecule has 25 heavy (non-hydrogen) atoms. The molecule has 6 nitrogen and oxygen atoms in total. The molecule has 0 radical (unpaired) electrons. The summed E-state index contributed by atoms with van der Waals surface area (Å²) in [5, 5.41) is 4.18. The molecule has 0 unspecified atom stereocenters. The summed E-state index contributed by atoms with van der Waals surface area (Å²) in [5.41, 5.74) is 1.40. The zero-order valence-corrected chi connectivity index (χ0v) is 15.3. The van der Waals surface area contributed by atoms with Crippen LogP contribution in [0, 0.1) is 0 Å². The maximum absolute atomic E-state index is 11.7. The van der Waals surface area contributed by atoms with Gasteiger partial charge >= 0.3 is 12.1 Å². The molecular formula is C19H28O6. The van der Waals surface area contributed by atoms with Gasteiger partial charge in [0.25, 0.3) is 0 Å². The summed E-state index contributed by atoms with van der Waals surface area (Å²) >= 11 is 0. The van der Waals surface area contributed by atoms with E-state index in [4.69, 9.17) is 4.74 Å². The predicted octanol–water partition coefficient (Wildman–Crippen LogP) is 5.33. The average molecular weight is 352 g/mol. The fourth-order valence-corrected chi connectivity index (χ4v) is 2.19.